The molecule has 0 radical (unpaired) electrons. The number of anilines is 1. The smallest absolute Gasteiger partial charge is 0.312 e. The molecule has 2 heterocycles. The molecular weight excluding hydrogens is 662 g/mol. The van der Waals surface area contributed by atoms with Crippen molar-refractivity contribution in [3.63, 3.8) is 0 Å². The first-order chi connectivity index (χ1) is 24.0. The Morgan fingerprint density at radius 2 is 1.51 bits per heavy atom. The zero-order valence-electron chi connectivity index (χ0n) is 29.2. The Morgan fingerprint density at radius 3 is 2.10 bits per heavy atom. The average molecular weight is 719 g/mol. The number of carbonyl (C=O) groups excluding carboxylic acids is 1. The molecule has 49 heavy (non-hydrogen) atoms. The van der Waals surface area contributed by atoms with Crippen molar-refractivity contribution in [2.75, 3.05) is 25.1 Å². The molecule has 0 spiro atoms. The highest BCUT2D eigenvalue weighted by Crippen LogP contribution is 2.46. The Bertz CT molecular complexity index is 1280. The van der Waals surface area contributed by atoms with Gasteiger partial charge in [0.15, 0.2) is 0 Å². The molecule has 1 aliphatic rings. The predicted octanol–water partition coefficient (Wildman–Crippen LogP) is 10.3. The van der Waals surface area contributed by atoms with Gasteiger partial charge in [-0.1, -0.05) is 121 Å². The van der Waals surface area contributed by atoms with Crippen molar-refractivity contribution in [3.8, 4) is 6.07 Å². The van der Waals surface area contributed by atoms with Gasteiger partial charge in [-0.15, -0.1) is 11.8 Å². The van der Waals surface area contributed by atoms with E-state index in [1.165, 1.54) is 118 Å². The van der Waals surface area contributed by atoms with Gasteiger partial charge >= 0.3 is 14.3 Å². The molecule has 2 aromatic rings. The van der Waals surface area contributed by atoms with Gasteiger partial charge in [0.1, 0.15) is 17.4 Å². The van der Waals surface area contributed by atoms with E-state index < -0.39 is 25.8 Å². The molecule has 4 unspecified atom stereocenters. The second-order valence-corrected chi connectivity index (χ2v) is 15.3. The Kier molecular flexibility index (Phi) is 21.4. The number of hydrogen-bond donors (Lipinski definition) is 1. The normalized spacial score (nSPS) is 17.9. The van der Waals surface area contributed by atoms with Gasteiger partial charge in [-0.3, -0.25) is 9.36 Å². The van der Waals surface area contributed by atoms with Crippen LogP contribution in [0.15, 0.2) is 47.4 Å². The maximum atomic E-state index is 15.1. The number of nitriles is 1. The summed E-state index contributed by atoms with van der Waals surface area (Å²) < 4.78 is 33.9. The number of carbonyl (C=O) groups is 1. The highest BCUT2D eigenvalue weighted by Gasteiger charge is 2.38. The fraction of sp³-hybridized carbons (Fsp3) is 0.676. The fourth-order valence-corrected chi connectivity index (χ4v) is 8.27. The van der Waals surface area contributed by atoms with Crippen molar-refractivity contribution in [2.45, 2.75) is 139 Å². The van der Waals surface area contributed by atoms with E-state index in [4.69, 9.17) is 18.8 Å². The SMILES string of the molecule is CCCCCCCCCCCCCCCCCCOP(OCCC#N)OCC1CC(F)C(n2ccc(NC(=O)c3ccccc3)nc2=O)S1. The molecule has 0 bridgehead atoms. The number of unbranched alkanes of at least 4 members (excludes halogenated alkanes) is 15. The minimum Gasteiger partial charge on any atom is -0.312 e. The number of amides is 1. The molecule has 1 saturated heterocycles. The number of thioether (sulfide) groups is 1. The Hall–Kier alpha value is -2.35. The quantitative estimate of drug-likeness (QED) is 0.0717. The molecule has 0 aliphatic carbocycles. The minimum absolute atomic E-state index is 0.107. The molecule has 12 heteroatoms. The summed E-state index contributed by atoms with van der Waals surface area (Å²) in [7, 11) is -1.66. The number of benzene rings is 1. The number of nitrogens with one attached hydrogen (secondary N) is 1. The summed E-state index contributed by atoms with van der Waals surface area (Å²) >= 11 is 1.31. The van der Waals surface area contributed by atoms with Crippen LogP contribution in [-0.2, 0) is 13.6 Å². The summed E-state index contributed by atoms with van der Waals surface area (Å²) in [5, 5.41) is 10.5. The zero-order chi connectivity index (χ0) is 34.9. The first-order valence-corrected chi connectivity index (χ1v) is 20.4. The molecule has 1 N–H and O–H groups in total. The predicted molar refractivity (Wildman–Crippen MR) is 197 cm³/mol. The van der Waals surface area contributed by atoms with E-state index in [0.717, 1.165) is 12.8 Å². The average Bonchev–Trinajstić information content (AvgIpc) is 3.48. The Balaban J connectivity index is 1.29. The lowest BCUT2D eigenvalue weighted by molar-refractivity contribution is 0.102. The second-order valence-electron chi connectivity index (χ2n) is 12.6. The van der Waals surface area contributed by atoms with Crippen molar-refractivity contribution in [1.82, 2.24) is 9.55 Å². The van der Waals surface area contributed by atoms with E-state index in [2.05, 4.69) is 23.3 Å². The summed E-state index contributed by atoms with van der Waals surface area (Å²) in [6.45, 7) is 3.19. The molecule has 1 aromatic carbocycles. The molecule has 9 nitrogen and oxygen atoms in total. The molecule has 1 aliphatic heterocycles. The van der Waals surface area contributed by atoms with Gasteiger partial charge < -0.3 is 18.9 Å². The van der Waals surface area contributed by atoms with E-state index >= 15 is 4.39 Å². The summed E-state index contributed by atoms with van der Waals surface area (Å²) in [6, 6.07) is 12.2. The fourth-order valence-electron chi connectivity index (χ4n) is 5.72. The minimum atomic E-state index is -1.66. The lowest BCUT2D eigenvalue weighted by Gasteiger charge is -2.19. The summed E-state index contributed by atoms with van der Waals surface area (Å²) in [5.74, 6) is -0.276. The lowest BCUT2D eigenvalue weighted by atomic mass is 10.0. The third-order valence-electron chi connectivity index (χ3n) is 8.48. The van der Waals surface area contributed by atoms with Crippen LogP contribution in [0.25, 0.3) is 0 Å². The summed E-state index contributed by atoms with van der Waals surface area (Å²) in [5.41, 5.74) is -0.200. The first-order valence-electron chi connectivity index (χ1n) is 18.3. The van der Waals surface area contributed by atoms with Crippen LogP contribution in [0.1, 0.15) is 138 Å². The molecule has 4 atom stereocenters. The summed E-state index contributed by atoms with van der Waals surface area (Å²) in [4.78, 5) is 29.1. The molecule has 272 valence electrons. The van der Waals surface area contributed by atoms with E-state index in [1.807, 2.05) is 0 Å². The topological polar surface area (TPSA) is 115 Å². The van der Waals surface area contributed by atoms with Gasteiger partial charge in [-0.05, 0) is 31.0 Å². The van der Waals surface area contributed by atoms with Crippen molar-refractivity contribution >= 4 is 32.1 Å². The maximum absolute atomic E-state index is 15.1. The van der Waals surface area contributed by atoms with Crippen molar-refractivity contribution in [2.24, 2.45) is 0 Å². The molecule has 0 saturated carbocycles. The van der Waals surface area contributed by atoms with Crippen LogP contribution in [0.5, 0.6) is 0 Å². The highest BCUT2D eigenvalue weighted by atomic mass is 32.2. The number of halogens is 1. The van der Waals surface area contributed by atoms with Gasteiger partial charge in [-0.25, -0.2) is 9.18 Å². The number of alkyl halides is 1. The lowest BCUT2D eigenvalue weighted by Crippen LogP contribution is -2.29. The van der Waals surface area contributed by atoms with Gasteiger partial charge in [0.05, 0.1) is 32.3 Å². The zero-order valence-corrected chi connectivity index (χ0v) is 30.9. The number of nitrogens with zero attached hydrogens (tertiary/aromatic N) is 3. The van der Waals surface area contributed by atoms with Crippen molar-refractivity contribution in [3.05, 3.63) is 58.6 Å². The van der Waals surface area contributed by atoms with E-state index in [9.17, 15) is 9.59 Å². The molecule has 1 aromatic heterocycles. The van der Waals surface area contributed by atoms with Crippen LogP contribution in [0.2, 0.25) is 0 Å². The van der Waals surface area contributed by atoms with Gasteiger partial charge in [0.25, 0.3) is 5.91 Å². The first kappa shape index (κ1) is 41.1. The number of hydrogen-bond acceptors (Lipinski definition) is 8. The van der Waals surface area contributed by atoms with E-state index in [-0.39, 0.29) is 43.0 Å². The van der Waals surface area contributed by atoms with Crippen LogP contribution in [0.3, 0.4) is 0 Å². The number of aromatic nitrogens is 2. The summed E-state index contributed by atoms with van der Waals surface area (Å²) in [6.07, 6.45) is 21.4. The molecule has 3 rings (SSSR count). The molecule has 1 fully saturated rings. The van der Waals surface area contributed by atoms with Crippen LogP contribution in [0.4, 0.5) is 10.2 Å². The second kappa shape index (κ2) is 25.6. The monoisotopic (exact) mass is 718 g/mol. The Morgan fingerprint density at radius 1 is 0.918 bits per heavy atom. The third-order valence-corrected chi connectivity index (χ3v) is 11.1. The van der Waals surface area contributed by atoms with Crippen molar-refractivity contribution < 1.29 is 22.8 Å². The third kappa shape index (κ3) is 16.9. The van der Waals surface area contributed by atoms with Gasteiger partial charge in [0.2, 0.25) is 0 Å². The molecular formula is C37H56FN4O5PS. The standard InChI is InChI=1S/C37H56FN4O5PS/c1-2-3-4-5-6-7-8-9-10-11-12-13-14-15-16-20-27-45-48(46-28-21-25-39)47-30-32-29-33(38)36(49-32)42-26-24-34(41-37(42)44)40-35(43)31-22-18-17-19-23-31/h17-19,22-24,26,32-33,36H,2-16,20-21,27-30H2,1H3,(H,40,41,43,44). The van der Waals surface area contributed by atoms with Crippen molar-refractivity contribution in [1.29, 1.82) is 5.26 Å². The van der Waals surface area contributed by atoms with E-state index in [1.54, 1.807) is 30.3 Å². The van der Waals surface area contributed by atoms with Gasteiger partial charge in [-0.2, -0.15) is 10.2 Å². The maximum Gasteiger partial charge on any atom is 0.350 e. The number of rotatable bonds is 27. The van der Waals surface area contributed by atoms with Gasteiger partial charge in [0, 0.05) is 17.0 Å². The van der Waals surface area contributed by atoms with Crippen LogP contribution in [0, 0.1) is 11.3 Å². The molecule has 1 amide bonds. The Labute approximate surface area is 298 Å². The largest absolute Gasteiger partial charge is 0.350 e. The van der Waals surface area contributed by atoms with Crippen LogP contribution in [-0.4, -0.2) is 46.7 Å². The van der Waals surface area contributed by atoms with Crippen LogP contribution < -0.4 is 11.0 Å². The highest BCUT2D eigenvalue weighted by molar-refractivity contribution is 8.00. The van der Waals surface area contributed by atoms with Crippen LogP contribution >= 0.6 is 20.4 Å². The van der Waals surface area contributed by atoms with E-state index in [0.29, 0.717) is 12.2 Å².